The van der Waals surface area contributed by atoms with Crippen molar-refractivity contribution in [2.45, 2.75) is 65.8 Å². The average molecular weight is 401 g/mol. The summed E-state index contributed by atoms with van der Waals surface area (Å²) in [6.07, 6.45) is 1.95. The Bertz CT molecular complexity index is 1070. The predicted octanol–water partition coefficient (Wildman–Crippen LogP) is 7.43. The van der Waals surface area contributed by atoms with Crippen LogP contribution in [0.4, 0.5) is 11.4 Å². The maximum atomic E-state index is 6.59. The van der Waals surface area contributed by atoms with Gasteiger partial charge in [-0.1, -0.05) is 59.7 Å². The zero-order valence-electron chi connectivity index (χ0n) is 19.2. The molecule has 0 atom stereocenters. The van der Waals surface area contributed by atoms with E-state index in [9.17, 15) is 0 Å². The van der Waals surface area contributed by atoms with Crippen molar-refractivity contribution in [1.29, 1.82) is 0 Å². The molecule has 0 aliphatic carbocycles. The highest BCUT2D eigenvalue weighted by Crippen LogP contribution is 2.45. The number of fused-ring (bicyclic) bond motifs is 2. The van der Waals surface area contributed by atoms with Crippen molar-refractivity contribution in [3.05, 3.63) is 77.1 Å². The van der Waals surface area contributed by atoms with Gasteiger partial charge in [0.05, 0.1) is 24.1 Å². The lowest BCUT2D eigenvalue weighted by Crippen LogP contribution is -2.17. The number of aryl methyl sites for hydroxylation is 1. The summed E-state index contributed by atoms with van der Waals surface area (Å²) >= 11 is 0. The molecule has 2 heterocycles. The highest BCUT2D eigenvalue weighted by molar-refractivity contribution is 5.72. The van der Waals surface area contributed by atoms with Gasteiger partial charge in [0, 0.05) is 11.3 Å². The van der Waals surface area contributed by atoms with Crippen LogP contribution in [0.3, 0.4) is 0 Å². The molecule has 3 heteroatoms. The zero-order valence-corrected chi connectivity index (χ0v) is 19.2. The summed E-state index contributed by atoms with van der Waals surface area (Å²) in [5.41, 5.74) is 7.00. The van der Waals surface area contributed by atoms with E-state index in [1.807, 2.05) is 13.1 Å². The lowest BCUT2D eigenvalue weighted by Gasteiger charge is -2.26. The Labute approximate surface area is 180 Å². The van der Waals surface area contributed by atoms with Gasteiger partial charge in [-0.3, -0.25) is 4.98 Å². The first kappa shape index (κ1) is 20.5. The van der Waals surface area contributed by atoms with E-state index in [0.29, 0.717) is 0 Å². The molecule has 0 fully saturated rings. The number of anilines is 2. The molecule has 156 valence electrons. The number of rotatable bonds is 1. The summed E-state index contributed by atoms with van der Waals surface area (Å²) in [6.45, 7) is 16.2. The molecule has 2 aromatic carbocycles. The normalized spacial score (nSPS) is 13.9. The first-order chi connectivity index (χ1) is 14.0. The van der Waals surface area contributed by atoms with Crippen LogP contribution in [0.2, 0.25) is 0 Å². The lowest BCUT2D eigenvalue weighted by molar-refractivity contribution is 0.476. The van der Waals surface area contributed by atoms with Gasteiger partial charge < -0.3 is 9.64 Å². The number of hydrogen-bond donors (Lipinski definition) is 0. The van der Waals surface area contributed by atoms with Gasteiger partial charge >= 0.3 is 0 Å². The number of aromatic nitrogens is 1. The average Bonchev–Trinajstić information content (AvgIpc) is 2.82. The first-order valence-electron chi connectivity index (χ1n) is 10.7. The summed E-state index contributed by atoms with van der Waals surface area (Å²) in [7, 11) is 0. The minimum absolute atomic E-state index is 0.0526. The Morgan fingerprint density at radius 1 is 0.800 bits per heavy atom. The molecular formula is C27H32N2O. The summed E-state index contributed by atoms with van der Waals surface area (Å²) in [4.78, 5) is 6.84. The molecule has 3 nitrogen and oxygen atoms in total. The fourth-order valence-corrected chi connectivity index (χ4v) is 3.76. The minimum atomic E-state index is 0.0526. The van der Waals surface area contributed by atoms with Gasteiger partial charge in [-0.05, 0) is 59.2 Å². The molecule has 4 rings (SSSR count). The Balaban J connectivity index is 1.89. The summed E-state index contributed by atoms with van der Waals surface area (Å²) < 4.78 is 6.59. The largest absolute Gasteiger partial charge is 0.455 e. The van der Waals surface area contributed by atoms with Crippen molar-refractivity contribution >= 4 is 11.4 Å². The second-order valence-corrected chi connectivity index (χ2v) is 10.4. The monoisotopic (exact) mass is 400 g/mol. The van der Waals surface area contributed by atoms with Crippen LogP contribution in [0, 0.1) is 6.92 Å². The van der Waals surface area contributed by atoms with E-state index in [1.165, 1.54) is 16.7 Å². The lowest BCUT2D eigenvalue weighted by atomic mass is 9.86. The molecule has 0 amide bonds. The fourth-order valence-electron chi connectivity index (χ4n) is 3.76. The number of benzene rings is 2. The molecule has 0 unspecified atom stereocenters. The molecule has 0 bridgehead atoms. The van der Waals surface area contributed by atoms with Crippen LogP contribution in [0.5, 0.6) is 11.5 Å². The number of hydrogen-bond acceptors (Lipinski definition) is 3. The van der Waals surface area contributed by atoms with Crippen LogP contribution < -0.4 is 9.64 Å². The third-order valence-corrected chi connectivity index (χ3v) is 5.81. The molecule has 1 aliphatic heterocycles. The molecule has 30 heavy (non-hydrogen) atoms. The van der Waals surface area contributed by atoms with Crippen molar-refractivity contribution in [3.8, 4) is 11.5 Å². The third kappa shape index (κ3) is 3.94. The molecule has 0 radical (unpaired) electrons. The smallest absolute Gasteiger partial charge is 0.151 e. The van der Waals surface area contributed by atoms with Gasteiger partial charge in [-0.2, -0.15) is 0 Å². The number of nitrogens with zero attached hydrogens (tertiary/aromatic N) is 2. The molecule has 0 N–H and O–H groups in total. The van der Waals surface area contributed by atoms with E-state index in [4.69, 9.17) is 4.74 Å². The van der Waals surface area contributed by atoms with Gasteiger partial charge in [0.25, 0.3) is 0 Å². The highest BCUT2D eigenvalue weighted by Gasteiger charge is 2.26. The number of pyridine rings is 1. The van der Waals surface area contributed by atoms with Crippen molar-refractivity contribution in [2.24, 2.45) is 0 Å². The van der Waals surface area contributed by atoms with Crippen molar-refractivity contribution in [1.82, 2.24) is 4.98 Å². The molecule has 1 aromatic heterocycles. The van der Waals surface area contributed by atoms with E-state index in [-0.39, 0.29) is 10.8 Å². The van der Waals surface area contributed by atoms with Gasteiger partial charge in [-0.15, -0.1) is 0 Å². The van der Waals surface area contributed by atoms with Crippen LogP contribution in [0.25, 0.3) is 0 Å². The molecule has 0 spiro atoms. The van der Waals surface area contributed by atoms with Gasteiger partial charge in [-0.25, -0.2) is 0 Å². The molecule has 0 saturated heterocycles. The van der Waals surface area contributed by atoms with E-state index in [1.54, 1.807) is 0 Å². The van der Waals surface area contributed by atoms with E-state index < -0.39 is 0 Å². The van der Waals surface area contributed by atoms with Crippen molar-refractivity contribution < 1.29 is 4.74 Å². The van der Waals surface area contributed by atoms with E-state index >= 15 is 0 Å². The van der Waals surface area contributed by atoms with Crippen molar-refractivity contribution in [2.75, 3.05) is 4.90 Å². The predicted molar refractivity (Wildman–Crippen MR) is 125 cm³/mol. The molecule has 3 aromatic rings. The van der Waals surface area contributed by atoms with Gasteiger partial charge in [0.1, 0.15) is 5.75 Å². The second kappa shape index (κ2) is 7.16. The van der Waals surface area contributed by atoms with Crippen LogP contribution in [0.15, 0.2) is 54.7 Å². The Morgan fingerprint density at radius 3 is 2.03 bits per heavy atom. The third-order valence-electron chi connectivity index (χ3n) is 5.81. The Hall–Kier alpha value is -2.81. The topological polar surface area (TPSA) is 25.4 Å². The van der Waals surface area contributed by atoms with E-state index in [0.717, 1.165) is 35.1 Å². The van der Waals surface area contributed by atoms with Gasteiger partial charge in [0.2, 0.25) is 0 Å². The number of ether oxygens (including phenoxy) is 1. The Morgan fingerprint density at radius 2 is 1.43 bits per heavy atom. The molecule has 1 aliphatic rings. The van der Waals surface area contributed by atoms with Crippen LogP contribution in [-0.2, 0) is 17.4 Å². The first-order valence-corrected chi connectivity index (χ1v) is 10.7. The second-order valence-electron chi connectivity index (χ2n) is 10.4. The summed E-state index contributed by atoms with van der Waals surface area (Å²) in [5.74, 6) is 1.84. The van der Waals surface area contributed by atoms with Crippen LogP contribution >= 0.6 is 0 Å². The van der Waals surface area contributed by atoms with E-state index in [2.05, 4.69) is 100.0 Å². The maximum absolute atomic E-state index is 6.59. The van der Waals surface area contributed by atoms with Crippen molar-refractivity contribution in [3.63, 3.8) is 0 Å². The Kier molecular flexibility index (Phi) is 4.88. The SMILES string of the molecule is Cc1ccc(N2Cc3ccc(C(C)(C)C)cc3Oc3cc(C(C)(C)C)ccc32)cn1. The van der Waals surface area contributed by atoms with Gasteiger partial charge in [0.15, 0.2) is 5.75 Å². The zero-order chi connectivity index (χ0) is 21.7. The highest BCUT2D eigenvalue weighted by atomic mass is 16.5. The minimum Gasteiger partial charge on any atom is -0.455 e. The maximum Gasteiger partial charge on any atom is 0.151 e. The molecule has 0 saturated carbocycles. The van der Waals surface area contributed by atoms with Crippen LogP contribution in [0.1, 0.15) is 63.9 Å². The quantitative estimate of drug-likeness (QED) is 0.425. The fraction of sp³-hybridized carbons (Fsp3) is 0.370. The standard InChI is InChI=1S/C27H32N2O/c1-18-8-12-22(16-28-18)29-17-19-9-10-20(26(2,3)4)14-24(19)30-25-15-21(27(5,6)7)11-13-23(25)29/h8-16H,17H2,1-7H3. The summed E-state index contributed by atoms with van der Waals surface area (Å²) in [5, 5.41) is 0. The van der Waals surface area contributed by atoms with Crippen LogP contribution in [-0.4, -0.2) is 4.98 Å². The molecular weight excluding hydrogens is 368 g/mol. The summed E-state index contributed by atoms with van der Waals surface area (Å²) in [6, 6.07) is 17.4.